The van der Waals surface area contributed by atoms with Gasteiger partial charge in [0.2, 0.25) is 5.88 Å². The summed E-state index contributed by atoms with van der Waals surface area (Å²) in [5.41, 5.74) is 1.46. The van der Waals surface area contributed by atoms with E-state index in [1.54, 1.807) is 44.8 Å². The Morgan fingerprint density at radius 2 is 1.96 bits per heavy atom. The fourth-order valence-electron chi connectivity index (χ4n) is 2.11. The third-order valence-electron chi connectivity index (χ3n) is 3.24. The lowest BCUT2D eigenvalue weighted by atomic mass is 10.2. The molecule has 0 saturated carbocycles. The molecule has 0 aliphatic heterocycles. The van der Waals surface area contributed by atoms with Crippen molar-refractivity contribution >= 4 is 17.2 Å². The maximum Gasteiger partial charge on any atom is 0.263 e. The van der Waals surface area contributed by atoms with Gasteiger partial charge in [-0.3, -0.25) is 4.79 Å². The van der Waals surface area contributed by atoms with Crippen LogP contribution in [0.5, 0.6) is 5.88 Å². The van der Waals surface area contributed by atoms with Crippen molar-refractivity contribution in [2.24, 2.45) is 0 Å². The van der Waals surface area contributed by atoms with Crippen LogP contribution in [0.25, 0.3) is 10.8 Å². The largest absolute Gasteiger partial charge is 0.481 e. The van der Waals surface area contributed by atoms with Gasteiger partial charge in [-0.1, -0.05) is 6.07 Å². The summed E-state index contributed by atoms with van der Waals surface area (Å²) in [6, 6.07) is 5.39. The minimum atomic E-state index is -0.196. The molecule has 1 N–H and O–H groups in total. The van der Waals surface area contributed by atoms with Gasteiger partial charge in [-0.15, -0.1) is 11.3 Å². The van der Waals surface area contributed by atoms with E-state index in [4.69, 9.17) is 4.74 Å². The molecule has 0 atom stereocenters. The van der Waals surface area contributed by atoms with Crippen LogP contribution < -0.4 is 10.1 Å². The molecule has 0 radical (unpaired) electrons. The predicted molar refractivity (Wildman–Crippen MR) is 89.8 cm³/mol. The van der Waals surface area contributed by atoms with E-state index in [1.807, 2.05) is 6.07 Å². The van der Waals surface area contributed by atoms with Gasteiger partial charge >= 0.3 is 0 Å². The van der Waals surface area contributed by atoms with Crippen molar-refractivity contribution in [3.8, 4) is 16.7 Å². The molecule has 1 amide bonds. The van der Waals surface area contributed by atoms with Crippen LogP contribution in [0.1, 0.15) is 20.9 Å². The summed E-state index contributed by atoms with van der Waals surface area (Å²) in [5.74, 6) is 0.814. The van der Waals surface area contributed by atoms with Gasteiger partial charge in [0.1, 0.15) is 4.88 Å². The van der Waals surface area contributed by atoms with E-state index < -0.39 is 0 Å². The number of thiazole rings is 1. The third-order valence-corrected chi connectivity index (χ3v) is 4.39. The van der Waals surface area contributed by atoms with E-state index in [2.05, 4.69) is 25.3 Å². The number of rotatable bonds is 5. The van der Waals surface area contributed by atoms with Gasteiger partial charge < -0.3 is 10.1 Å². The van der Waals surface area contributed by atoms with E-state index in [0.717, 1.165) is 5.56 Å². The highest BCUT2D eigenvalue weighted by Gasteiger charge is 2.17. The molecule has 0 unspecified atom stereocenters. The first-order valence-corrected chi connectivity index (χ1v) is 8.01. The van der Waals surface area contributed by atoms with Crippen molar-refractivity contribution in [2.45, 2.75) is 13.5 Å². The molecule has 122 valence electrons. The minimum Gasteiger partial charge on any atom is -0.481 e. The van der Waals surface area contributed by atoms with Gasteiger partial charge in [0.15, 0.2) is 10.8 Å². The lowest BCUT2D eigenvalue weighted by Crippen LogP contribution is -2.23. The highest BCUT2D eigenvalue weighted by molar-refractivity contribution is 7.17. The predicted octanol–water partition coefficient (Wildman–Crippen LogP) is 2.24. The highest BCUT2D eigenvalue weighted by atomic mass is 32.1. The summed E-state index contributed by atoms with van der Waals surface area (Å²) in [6.07, 6.45) is 4.94. The molecule has 0 aliphatic carbocycles. The molecule has 0 spiro atoms. The molecule has 3 aromatic rings. The maximum absolute atomic E-state index is 12.4. The summed E-state index contributed by atoms with van der Waals surface area (Å²) in [4.78, 5) is 29.8. The van der Waals surface area contributed by atoms with Crippen molar-refractivity contribution in [3.63, 3.8) is 0 Å². The van der Waals surface area contributed by atoms with Crippen LogP contribution >= 0.6 is 11.3 Å². The average molecular weight is 341 g/mol. The molecule has 0 fully saturated rings. The van der Waals surface area contributed by atoms with Crippen molar-refractivity contribution < 1.29 is 9.53 Å². The molecular weight excluding hydrogens is 326 g/mol. The van der Waals surface area contributed by atoms with Crippen LogP contribution in [0.3, 0.4) is 0 Å². The molecule has 0 bridgehead atoms. The molecule has 0 saturated heterocycles. The number of nitrogens with zero attached hydrogens (tertiary/aromatic N) is 4. The molecule has 3 heterocycles. The van der Waals surface area contributed by atoms with E-state index in [-0.39, 0.29) is 5.91 Å². The van der Waals surface area contributed by atoms with Gasteiger partial charge in [0, 0.05) is 30.7 Å². The van der Waals surface area contributed by atoms with Crippen molar-refractivity contribution in [1.82, 2.24) is 25.3 Å². The Labute approximate surface area is 142 Å². The van der Waals surface area contributed by atoms with E-state index in [0.29, 0.717) is 33.8 Å². The first-order valence-electron chi connectivity index (χ1n) is 7.20. The second-order valence-corrected chi connectivity index (χ2v) is 5.86. The fraction of sp³-hybridized carbons (Fsp3) is 0.188. The standard InChI is InChI=1S/C16H15N5O2S/c1-10-12(24-16(21-10)13-17-7-4-8-18-13)14(22)20-9-11-5-3-6-19-15(11)23-2/h3-8H,9H2,1-2H3,(H,20,22). The number of hydrogen-bond donors (Lipinski definition) is 1. The first kappa shape index (κ1) is 16.0. The number of hydrogen-bond acceptors (Lipinski definition) is 7. The second-order valence-electron chi connectivity index (χ2n) is 4.86. The first-order chi connectivity index (χ1) is 11.7. The van der Waals surface area contributed by atoms with Crippen LogP contribution in [0.4, 0.5) is 0 Å². The van der Waals surface area contributed by atoms with E-state index in [1.165, 1.54) is 11.3 Å². The number of aromatic nitrogens is 4. The van der Waals surface area contributed by atoms with Crippen LogP contribution in [0.2, 0.25) is 0 Å². The number of amides is 1. The topological polar surface area (TPSA) is 89.9 Å². The van der Waals surface area contributed by atoms with Crippen LogP contribution in [0.15, 0.2) is 36.8 Å². The normalized spacial score (nSPS) is 10.4. The number of nitrogens with one attached hydrogen (secondary N) is 1. The monoisotopic (exact) mass is 341 g/mol. The highest BCUT2D eigenvalue weighted by Crippen LogP contribution is 2.25. The number of pyridine rings is 1. The Morgan fingerprint density at radius 3 is 2.71 bits per heavy atom. The van der Waals surface area contributed by atoms with Gasteiger partial charge in [0.25, 0.3) is 5.91 Å². The Balaban J connectivity index is 1.75. The molecular formula is C16H15N5O2S. The van der Waals surface area contributed by atoms with Crippen molar-refractivity contribution in [2.75, 3.05) is 7.11 Å². The van der Waals surface area contributed by atoms with Gasteiger partial charge in [-0.25, -0.2) is 19.9 Å². The Morgan fingerprint density at radius 1 is 1.21 bits per heavy atom. The van der Waals surface area contributed by atoms with Gasteiger partial charge in [-0.05, 0) is 19.1 Å². The zero-order chi connectivity index (χ0) is 16.9. The average Bonchev–Trinajstić information content (AvgIpc) is 3.02. The minimum absolute atomic E-state index is 0.196. The Kier molecular flexibility index (Phi) is 4.76. The molecule has 24 heavy (non-hydrogen) atoms. The molecule has 0 aromatic carbocycles. The number of ether oxygens (including phenoxy) is 1. The Hall–Kier alpha value is -2.87. The second kappa shape index (κ2) is 7.14. The number of aryl methyl sites for hydroxylation is 1. The quantitative estimate of drug-likeness (QED) is 0.765. The lowest BCUT2D eigenvalue weighted by Gasteiger charge is -2.07. The SMILES string of the molecule is COc1ncccc1CNC(=O)c1sc(-c2ncccn2)nc1C. The van der Waals surface area contributed by atoms with Gasteiger partial charge in [-0.2, -0.15) is 0 Å². The van der Waals surface area contributed by atoms with E-state index >= 15 is 0 Å². The van der Waals surface area contributed by atoms with Crippen molar-refractivity contribution in [1.29, 1.82) is 0 Å². The summed E-state index contributed by atoms with van der Waals surface area (Å²) >= 11 is 1.27. The molecule has 8 heteroatoms. The Bertz CT molecular complexity index is 851. The smallest absolute Gasteiger partial charge is 0.263 e. The molecule has 7 nitrogen and oxygen atoms in total. The van der Waals surface area contributed by atoms with Crippen LogP contribution in [-0.4, -0.2) is 33.0 Å². The van der Waals surface area contributed by atoms with Crippen LogP contribution in [0, 0.1) is 6.92 Å². The zero-order valence-corrected chi connectivity index (χ0v) is 14.0. The number of carbonyl (C=O) groups is 1. The number of methoxy groups -OCH3 is 1. The molecule has 3 aromatic heterocycles. The fourth-order valence-corrected chi connectivity index (χ4v) is 3.04. The van der Waals surface area contributed by atoms with Gasteiger partial charge in [0.05, 0.1) is 12.8 Å². The maximum atomic E-state index is 12.4. The number of carbonyl (C=O) groups excluding carboxylic acids is 1. The third kappa shape index (κ3) is 3.38. The van der Waals surface area contributed by atoms with E-state index in [9.17, 15) is 4.79 Å². The summed E-state index contributed by atoms with van der Waals surface area (Å²) < 4.78 is 5.18. The molecule has 0 aliphatic rings. The zero-order valence-electron chi connectivity index (χ0n) is 13.2. The van der Waals surface area contributed by atoms with Crippen LogP contribution in [-0.2, 0) is 6.54 Å². The summed E-state index contributed by atoms with van der Waals surface area (Å²) in [7, 11) is 1.55. The van der Waals surface area contributed by atoms with Crippen molar-refractivity contribution in [3.05, 3.63) is 52.9 Å². The lowest BCUT2D eigenvalue weighted by molar-refractivity contribution is 0.0954. The molecule has 3 rings (SSSR count). The summed E-state index contributed by atoms with van der Waals surface area (Å²) in [5, 5.41) is 3.49. The summed E-state index contributed by atoms with van der Waals surface area (Å²) in [6.45, 7) is 2.12.